The van der Waals surface area contributed by atoms with Crippen molar-refractivity contribution in [3.05, 3.63) is 5.82 Å². The molecular weight excluding hydrogens is 271 g/mol. The molecule has 6 heteroatoms. The van der Waals surface area contributed by atoms with Gasteiger partial charge in [-0.2, -0.15) is 5.21 Å². The second-order valence-electron chi connectivity index (χ2n) is 5.98. The highest BCUT2D eigenvalue weighted by molar-refractivity contribution is 6.23. The van der Waals surface area contributed by atoms with Crippen LogP contribution >= 0.6 is 23.2 Å². The quantitative estimate of drug-likeness (QED) is 0.776. The van der Waals surface area contributed by atoms with Crippen LogP contribution in [0.2, 0.25) is 0 Å². The number of aromatic amines is 1. The molecule has 0 radical (unpaired) electrons. The third-order valence-corrected chi connectivity index (χ3v) is 3.28. The maximum Gasteiger partial charge on any atom is 0.177 e. The van der Waals surface area contributed by atoms with Gasteiger partial charge in [0, 0.05) is 15.7 Å². The summed E-state index contributed by atoms with van der Waals surface area (Å²) in [5.41, 5.74) is 0. The van der Waals surface area contributed by atoms with E-state index < -0.39 is 0 Å². The van der Waals surface area contributed by atoms with E-state index in [2.05, 4.69) is 20.6 Å². The van der Waals surface area contributed by atoms with Gasteiger partial charge >= 0.3 is 0 Å². The Morgan fingerprint density at radius 1 is 1.06 bits per heavy atom. The number of nitrogens with one attached hydrogen (secondary N) is 1. The monoisotopic (exact) mass is 292 g/mol. The molecule has 0 aromatic carbocycles. The Labute approximate surface area is 119 Å². The molecule has 0 saturated carbocycles. The molecule has 0 amide bonds. The molecule has 0 bridgehead atoms. The lowest BCUT2D eigenvalue weighted by Crippen LogP contribution is -2.16. The SMILES string of the molecule is CC(C)(Cl)CCC(CCC(C)(C)Cl)c1nn[nH]n1. The van der Waals surface area contributed by atoms with Gasteiger partial charge in [0.2, 0.25) is 0 Å². The first-order chi connectivity index (χ1) is 8.17. The number of hydrogen-bond donors (Lipinski definition) is 1. The molecule has 1 heterocycles. The van der Waals surface area contributed by atoms with Gasteiger partial charge in [-0.3, -0.25) is 0 Å². The third kappa shape index (κ3) is 6.55. The van der Waals surface area contributed by atoms with Crippen LogP contribution in [0.1, 0.15) is 65.1 Å². The van der Waals surface area contributed by atoms with Crippen molar-refractivity contribution in [2.45, 2.75) is 69.0 Å². The van der Waals surface area contributed by atoms with Crippen molar-refractivity contribution in [1.29, 1.82) is 0 Å². The van der Waals surface area contributed by atoms with E-state index >= 15 is 0 Å². The number of tetrazole rings is 1. The van der Waals surface area contributed by atoms with E-state index in [1.54, 1.807) is 0 Å². The van der Waals surface area contributed by atoms with Crippen LogP contribution in [0.4, 0.5) is 0 Å². The number of halogens is 2. The minimum absolute atomic E-state index is 0.196. The van der Waals surface area contributed by atoms with Gasteiger partial charge in [-0.1, -0.05) is 5.21 Å². The van der Waals surface area contributed by atoms with Gasteiger partial charge in [0.15, 0.2) is 5.82 Å². The normalized spacial score (nSPS) is 13.3. The smallest absolute Gasteiger partial charge is 0.177 e. The van der Waals surface area contributed by atoms with Crippen molar-refractivity contribution in [3.8, 4) is 0 Å². The highest BCUT2D eigenvalue weighted by Gasteiger charge is 2.24. The molecule has 1 aromatic heterocycles. The van der Waals surface area contributed by atoms with Gasteiger partial charge in [-0.05, 0) is 53.4 Å². The third-order valence-electron chi connectivity index (χ3n) is 2.90. The van der Waals surface area contributed by atoms with Crippen molar-refractivity contribution < 1.29 is 0 Å². The van der Waals surface area contributed by atoms with E-state index in [0.29, 0.717) is 0 Å². The van der Waals surface area contributed by atoms with E-state index in [-0.39, 0.29) is 15.7 Å². The van der Waals surface area contributed by atoms with Gasteiger partial charge in [-0.15, -0.1) is 33.4 Å². The van der Waals surface area contributed by atoms with E-state index in [1.807, 2.05) is 27.7 Å². The first-order valence-corrected chi connectivity index (χ1v) is 7.04. The Morgan fingerprint density at radius 2 is 1.56 bits per heavy atom. The second-order valence-corrected chi connectivity index (χ2v) is 8.03. The first-order valence-electron chi connectivity index (χ1n) is 6.28. The number of aromatic nitrogens is 4. The van der Waals surface area contributed by atoms with Crippen LogP contribution in [-0.4, -0.2) is 30.4 Å². The average molecular weight is 293 g/mol. The average Bonchev–Trinajstić information content (AvgIpc) is 2.67. The summed E-state index contributed by atoms with van der Waals surface area (Å²) >= 11 is 12.5. The van der Waals surface area contributed by atoms with Crippen LogP contribution in [-0.2, 0) is 0 Å². The second kappa shape index (κ2) is 6.20. The van der Waals surface area contributed by atoms with Crippen LogP contribution in [0.5, 0.6) is 0 Å². The summed E-state index contributed by atoms with van der Waals surface area (Å²) in [5.74, 6) is 1.02. The minimum Gasteiger partial charge on any atom is -0.177 e. The molecule has 0 saturated heterocycles. The standard InChI is InChI=1S/C12H22Cl2N4/c1-11(2,13)7-5-9(6-8-12(3,4)14)10-15-17-18-16-10/h9H,5-8H2,1-4H3,(H,15,16,17,18). The van der Waals surface area contributed by atoms with Crippen LogP contribution in [0, 0.1) is 0 Å². The number of nitrogens with zero attached hydrogens (tertiary/aromatic N) is 3. The predicted octanol–water partition coefficient (Wildman–Crippen LogP) is 3.88. The maximum absolute atomic E-state index is 6.24. The fourth-order valence-corrected chi connectivity index (χ4v) is 2.00. The van der Waals surface area contributed by atoms with Gasteiger partial charge in [0.05, 0.1) is 0 Å². The van der Waals surface area contributed by atoms with Crippen LogP contribution in [0.15, 0.2) is 0 Å². The summed E-state index contributed by atoms with van der Waals surface area (Å²) in [6.45, 7) is 8.08. The minimum atomic E-state index is -0.196. The molecule has 1 rings (SSSR count). The maximum atomic E-state index is 6.24. The Kier molecular flexibility index (Phi) is 5.41. The van der Waals surface area contributed by atoms with Gasteiger partial charge in [0.1, 0.15) is 0 Å². The molecule has 0 fully saturated rings. The van der Waals surface area contributed by atoms with Crippen LogP contribution < -0.4 is 0 Å². The van der Waals surface area contributed by atoms with Crippen LogP contribution in [0.3, 0.4) is 0 Å². The summed E-state index contributed by atoms with van der Waals surface area (Å²) in [6, 6.07) is 0. The molecule has 0 aliphatic carbocycles. The molecule has 0 atom stereocenters. The summed E-state index contributed by atoms with van der Waals surface area (Å²) in [5, 5.41) is 14.3. The highest BCUT2D eigenvalue weighted by Crippen LogP contribution is 2.32. The predicted molar refractivity (Wildman–Crippen MR) is 75.3 cm³/mol. The Balaban J connectivity index is 2.59. The molecule has 1 aromatic rings. The zero-order valence-electron chi connectivity index (χ0n) is 11.5. The van der Waals surface area contributed by atoms with Crippen molar-refractivity contribution in [3.63, 3.8) is 0 Å². The Hall–Kier alpha value is -0.350. The lowest BCUT2D eigenvalue weighted by atomic mass is 9.90. The first kappa shape index (κ1) is 15.7. The molecular formula is C12H22Cl2N4. The molecule has 0 aliphatic heterocycles. The highest BCUT2D eigenvalue weighted by atomic mass is 35.5. The van der Waals surface area contributed by atoms with E-state index in [1.165, 1.54) is 0 Å². The lowest BCUT2D eigenvalue weighted by molar-refractivity contribution is 0.450. The largest absolute Gasteiger partial charge is 0.177 e. The topological polar surface area (TPSA) is 54.5 Å². The fourth-order valence-electron chi connectivity index (χ4n) is 1.78. The number of alkyl halides is 2. The number of hydrogen-bond acceptors (Lipinski definition) is 3. The summed E-state index contributed by atoms with van der Waals surface area (Å²) in [7, 11) is 0. The molecule has 104 valence electrons. The Morgan fingerprint density at radius 3 is 1.89 bits per heavy atom. The zero-order chi connectivity index (χ0) is 13.8. The van der Waals surface area contributed by atoms with Gasteiger partial charge < -0.3 is 0 Å². The van der Waals surface area contributed by atoms with Crippen molar-refractivity contribution in [2.75, 3.05) is 0 Å². The molecule has 0 aliphatic rings. The zero-order valence-corrected chi connectivity index (χ0v) is 13.0. The molecule has 1 N–H and O–H groups in total. The van der Waals surface area contributed by atoms with E-state index in [9.17, 15) is 0 Å². The molecule has 0 spiro atoms. The van der Waals surface area contributed by atoms with E-state index in [4.69, 9.17) is 23.2 Å². The summed E-state index contributed by atoms with van der Waals surface area (Å²) in [4.78, 5) is -0.392. The van der Waals surface area contributed by atoms with E-state index in [0.717, 1.165) is 31.5 Å². The molecule has 4 nitrogen and oxygen atoms in total. The van der Waals surface area contributed by atoms with Crippen LogP contribution in [0.25, 0.3) is 0 Å². The number of H-pyrrole nitrogens is 1. The van der Waals surface area contributed by atoms with Crippen molar-refractivity contribution >= 4 is 23.2 Å². The number of rotatable bonds is 7. The van der Waals surface area contributed by atoms with Gasteiger partial charge in [0.25, 0.3) is 0 Å². The molecule has 0 unspecified atom stereocenters. The van der Waals surface area contributed by atoms with Crippen molar-refractivity contribution in [2.24, 2.45) is 0 Å². The van der Waals surface area contributed by atoms with Gasteiger partial charge in [-0.25, -0.2) is 0 Å². The lowest BCUT2D eigenvalue weighted by Gasteiger charge is -2.22. The van der Waals surface area contributed by atoms with Crippen molar-refractivity contribution in [1.82, 2.24) is 20.6 Å². The molecule has 18 heavy (non-hydrogen) atoms. The Bertz CT molecular complexity index is 320. The fraction of sp³-hybridized carbons (Fsp3) is 0.917. The summed E-state index contributed by atoms with van der Waals surface area (Å²) in [6.07, 6.45) is 3.72. The summed E-state index contributed by atoms with van der Waals surface area (Å²) < 4.78 is 0.